The van der Waals surface area contributed by atoms with E-state index in [0.29, 0.717) is 24.1 Å². The summed E-state index contributed by atoms with van der Waals surface area (Å²) in [5.41, 5.74) is 0.348. The molecule has 1 rings (SSSR count). The Hall–Kier alpha value is -2.44. The van der Waals surface area contributed by atoms with Crippen LogP contribution in [0.25, 0.3) is 0 Å². The second-order valence-electron chi connectivity index (χ2n) is 4.23. The third kappa shape index (κ3) is 3.53. The number of hydrogen-bond donors (Lipinski definition) is 1. The van der Waals surface area contributed by atoms with Gasteiger partial charge in [0.05, 0.1) is 17.7 Å². The lowest BCUT2D eigenvalue weighted by molar-refractivity contribution is -0.385. The van der Waals surface area contributed by atoms with Crippen LogP contribution < -0.4 is 5.32 Å². The maximum Gasteiger partial charge on any atom is 0.344 e. The predicted molar refractivity (Wildman–Crippen MR) is 72.7 cm³/mol. The van der Waals surface area contributed by atoms with E-state index in [4.69, 9.17) is 0 Å². The van der Waals surface area contributed by atoms with Gasteiger partial charge in [0.15, 0.2) is 0 Å². The van der Waals surface area contributed by atoms with Gasteiger partial charge in [-0.05, 0) is 25.0 Å². The molecule has 0 saturated heterocycles. The van der Waals surface area contributed by atoms with E-state index < -0.39 is 16.6 Å². The topological polar surface area (TPSA) is 98.5 Å². The minimum atomic E-state index is -0.786. The largest absolute Gasteiger partial charge is 0.465 e. The Kier molecular flexibility index (Phi) is 5.19. The average Bonchev–Trinajstić information content (AvgIpc) is 2.39. The highest BCUT2D eigenvalue weighted by molar-refractivity contribution is 5.97. The van der Waals surface area contributed by atoms with Crippen molar-refractivity contribution in [2.24, 2.45) is 0 Å². The number of rotatable bonds is 5. The van der Waals surface area contributed by atoms with Crippen LogP contribution in [0.5, 0.6) is 0 Å². The lowest BCUT2D eigenvalue weighted by atomic mass is 10.1. The lowest BCUT2D eigenvalue weighted by Crippen LogP contribution is -2.13. The minimum Gasteiger partial charge on any atom is -0.465 e. The highest BCUT2D eigenvalue weighted by atomic mass is 16.6. The number of esters is 1. The molecule has 20 heavy (non-hydrogen) atoms. The van der Waals surface area contributed by atoms with Gasteiger partial charge < -0.3 is 10.1 Å². The van der Waals surface area contributed by atoms with E-state index in [9.17, 15) is 19.7 Å². The van der Waals surface area contributed by atoms with E-state index in [1.165, 1.54) is 12.1 Å². The number of carbonyl (C=O) groups is 2. The second kappa shape index (κ2) is 6.65. The van der Waals surface area contributed by atoms with Gasteiger partial charge in [0.25, 0.3) is 5.69 Å². The van der Waals surface area contributed by atoms with Crippen molar-refractivity contribution in [2.75, 3.05) is 12.4 Å². The minimum absolute atomic E-state index is 0.136. The number of nitrogens with zero attached hydrogens (tertiary/aromatic N) is 1. The summed E-state index contributed by atoms with van der Waals surface area (Å²) < 4.78 is 4.51. The molecule has 108 valence electrons. The van der Waals surface area contributed by atoms with E-state index in [1.807, 2.05) is 6.92 Å². The molecule has 0 saturated carbocycles. The van der Waals surface area contributed by atoms with Gasteiger partial charge in [-0.2, -0.15) is 0 Å². The molecule has 0 spiro atoms. The molecule has 0 atom stereocenters. The zero-order chi connectivity index (χ0) is 15.3. The van der Waals surface area contributed by atoms with Crippen LogP contribution in [0.3, 0.4) is 0 Å². The van der Waals surface area contributed by atoms with Crippen molar-refractivity contribution in [3.8, 4) is 0 Å². The number of amides is 1. The summed E-state index contributed by atoms with van der Waals surface area (Å²) in [7, 11) is 1.15. The fraction of sp³-hybridized carbons (Fsp3) is 0.385. The molecule has 0 aliphatic heterocycles. The van der Waals surface area contributed by atoms with Crippen LogP contribution in [0, 0.1) is 17.0 Å². The van der Waals surface area contributed by atoms with E-state index in [2.05, 4.69) is 10.1 Å². The molecule has 7 nitrogen and oxygen atoms in total. The first-order valence-electron chi connectivity index (χ1n) is 6.07. The van der Waals surface area contributed by atoms with Gasteiger partial charge in [0.2, 0.25) is 5.91 Å². The van der Waals surface area contributed by atoms with Crippen LogP contribution >= 0.6 is 0 Å². The van der Waals surface area contributed by atoms with Gasteiger partial charge in [0.1, 0.15) is 5.56 Å². The number of carbonyl (C=O) groups excluding carboxylic acids is 2. The first kappa shape index (κ1) is 15.6. The summed E-state index contributed by atoms with van der Waals surface area (Å²) in [5, 5.41) is 13.6. The molecule has 0 bridgehead atoms. The standard InChI is InChI=1S/C13H16N2O5/c1-4-5-12(16)14-10-7-11(15(18)19)9(6-8(10)2)13(17)20-3/h6-7H,4-5H2,1-3H3,(H,14,16). The molecule has 1 amide bonds. The zero-order valence-corrected chi connectivity index (χ0v) is 11.6. The summed E-state index contributed by atoms with van der Waals surface area (Å²) in [5.74, 6) is -1.01. The first-order chi connectivity index (χ1) is 9.40. The molecule has 7 heteroatoms. The maximum absolute atomic E-state index is 11.5. The van der Waals surface area contributed by atoms with Gasteiger partial charge in [-0.3, -0.25) is 14.9 Å². The van der Waals surface area contributed by atoms with Crippen LogP contribution in [0.15, 0.2) is 12.1 Å². The molecular weight excluding hydrogens is 264 g/mol. The van der Waals surface area contributed by atoms with Crippen molar-refractivity contribution in [3.05, 3.63) is 33.4 Å². The predicted octanol–water partition coefficient (Wildman–Crippen LogP) is 2.43. The number of ether oxygens (including phenoxy) is 1. The van der Waals surface area contributed by atoms with E-state index in [-0.39, 0.29) is 11.5 Å². The summed E-state index contributed by atoms with van der Waals surface area (Å²) in [6, 6.07) is 2.51. The highest BCUT2D eigenvalue weighted by Crippen LogP contribution is 2.27. The smallest absolute Gasteiger partial charge is 0.344 e. The maximum atomic E-state index is 11.5. The zero-order valence-electron chi connectivity index (χ0n) is 11.6. The van der Waals surface area contributed by atoms with E-state index >= 15 is 0 Å². The first-order valence-corrected chi connectivity index (χ1v) is 6.07. The second-order valence-corrected chi connectivity index (χ2v) is 4.23. The van der Waals surface area contributed by atoms with Crippen LogP contribution in [-0.2, 0) is 9.53 Å². The molecule has 0 fully saturated rings. The molecular formula is C13H16N2O5. The fourth-order valence-electron chi connectivity index (χ4n) is 1.70. The summed E-state index contributed by atoms with van der Waals surface area (Å²) in [6.45, 7) is 3.51. The summed E-state index contributed by atoms with van der Waals surface area (Å²) >= 11 is 0. The van der Waals surface area contributed by atoms with E-state index in [0.717, 1.165) is 7.11 Å². The Balaban J connectivity index is 3.23. The molecule has 1 aromatic carbocycles. The van der Waals surface area contributed by atoms with Crippen molar-refractivity contribution in [3.63, 3.8) is 0 Å². The number of methoxy groups -OCH3 is 1. The number of nitro benzene ring substituents is 1. The molecule has 0 aliphatic rings. The van der Waals surface area contributed by atoms with Gasteiger partial charge >= 0.3 is 5.97 Å². The van der Waals surface area contributed by atoms with Crippen molar-refractivity contribution >= 4 is 23.3 Å². The molecule has 1 aromatic rings. The molecule has 0 radical (unpaired) electrons. The molecule has 0 heterocycles. The SMILES string of the molecule is CCCC(=O)Nc1cc([N+](=O)[O-])c(C(=O)OC)cc1C. The van der Waals surface area contributed by atoms with Gasteiger partial charge in [-0.25, -0.2) is 4.79 Å². The van der Waals surface area contributed by atoms with Crippen LogP contribution in [0.4, 0.5) is 11.4 Å². The Morgan fingerprint density at radius 3 is 2.55 bits per heavy atom. The van der Waals surface area contributed by atoms with Crippen molar-refractivity contribution in [2.45, 2.75) is 26.7 Å². The normalized spacial score (nSPS) is 9.95. The number of aryl methyl sites for hydroxylation is 1. The number of nitrogens with one attached hydrogen (secondary N) is 1. The molecule has 0 aromatic heterocycles. The molecule has 1 N–H and O–H groups in total. The summed E-state index contributed by atoms with van der Waals surface area (Å²) in [6.07, 6.45) is 0.999. The van der Waals surface area contributed by atoms with Gasteiger partial charge in [-0.15, -0.1) is 0 Å². The molecule has 0 aliphatic carbocycles. The third-order valence-corrected chi connectivity index (χ3v) is 2.70. The Morgan fingerprint density at radius 2 is 2.05 bits per heavy atom. The number of anilines is 1. The van der Waals surface area contributed by atoms with Crippen LogP contribution in [0.2, 0.25) is 0 Å². The van der Waals surface area contributed by atoms with Crippen LogP contribution in [0.1, 0.15) is 35.7 Å². The summed E-state index contributed by atoms with van der Waals surface area (Å²) in [4.78, 5) is 33.4. The van der Waals surface area contributed by atoms with Gasteiger partial charge in [0, 0.05) is 12.5 Å². The Morgan fingerprint density at radius 1 is 1.40 bits per heavy atom. The molecule has 0 unspecified atom stereocenters. The number of nitro groups is 1. The van der Waals surface area contributed by atoms with Gasteiger partial charge in [-0.1, -0.05) is 6.92 Å². The monoisotopic (exact) mass is 280 g/mol. The van der Waals surface area contributed by atoms with Crippen molar-refractivity contribution in [1.29, 1.82) is 0 Å². The third-order valence-electron chi connectivity index (χ3n) is 2.70. The highest BCUT2D eigenvalue weighted by Gasteiger charge is 2.23. The Labute approximate surface area is 116 Å². The average molecular weight is 280 g/mol. The lowest BCUT2D eigenvalue weighted by Gasteiger charge is -2.10. The fourth-order valence-corrected chi connectivity index (χ4v) is 1.70. The number of benzene rings is 1. The quantitative estimate of drug-likeness (QED) is 0.507. The number of hydrogen-bond acceptors (Lipinski definition) is 5. The van der Waals surface area contributed by atoms with Crippen LogP contribution in [-0.4, -0.2) is 23.9 Å². The van der Waals surface area contributed by atoms with E-state index in [1.54, 1.807) is 6.92 Å². The Bertz CT molecular complexity index is 554. The van der Waals surface area contributed by atoms with Crippen molar-refractivity contribution < 1.29 is 19.2 Å². The van der Waals surface area contributed by atoms with Crippen molar-refractivity contribution in [1.82, 2.24) is 0 Å².